The van der Waals surface area contributed by atoms with E-state index in [0.29, 0.717) is 46.5 Å². The average Bonchev–Trinajstić information content (AvgIpc) is 1.64. The molecule has 117 heavy (non-hydrogen) atoms. The maximum Gasteiger partial charge on any atom is 2.00 e. The van der Waals surface area contributed by atoms with E-state index in [0.717, 1.165) is 5.56 Å². The topological polar surface area (TPSA) is 629 Å². The Morgan fingerprint density at radius 2 is 1.15 bits per heavy atom. The number of likely N-dealkylation sites (tertiary alicyclic amines) is 1. The van der Waals surface area contributed by atoms with Crippen molar-refractivity contribution in [1.82, 2.24) is 63.1 Å². The fraction of sp³-hybridized carbons (Fsp3) is 0.526. The molecule has 2 aliphatic rings. The number of carboxylic acid groups (broad SMARTS) is 1. The van der Waals surface area contributed by atoms with Gasteiger partial charge in [-0.25, -0.2) is 12.1 Å². The zero-order valence-corrected chi connectivity index (χ0v) is 69.1. The minimum absolute atomic E-state index is 0. The predicted octanol–water partition coefficient (Wildman–Crippen LogP) is -2.13. The minimum Gasteiger partial charge on any atom is -0.481 e. The van der Waals surface area contributed by atoms with E-state index in [9.17, 15) is 72.5 Å². The van der Waals surface area contributed by atoms with E-state index >= 15 is 9.59 Å². The van der Waals surface area contributed by atoms with Gasteiger partial charge in [-0.1, -0.05) is 64.3 Å². The third kappa shape index (κ3) is 31.7. The van der Waals surface area contributed by atoms with E-state index in [-0.39, 0.29) is 74.6 Å². The van der Waals surface area contributed by atoms with Crippen molar-refractivity contribution in [2.45, 2.75) is 190 Å². The first-order valence-corrected chi connectivity index (χ1v) is 40.8. The van der Waals surface area contributed by atoms with Crippen LogP contribution >= 0.6 is 23.5 Å². The number of para-hydroxylation sites is 1. The van der Waals surface area contributed by atoms with Gasteiger partial charge in [-0.3, -0.25) is 76.9 Å². The maximum absolute atomic E-state index is 15.6. The molecule has 4 aromatic rings. The Kier molecular flexibility index (Phi) is 42.2. The summed E-state index contributed by atoms with van der Waals surface area (Å²) in [6.45, 7) is 6.68. The summed E-state index contributed by atoms with van der Waals surface area (Å²) in [4.78, 5) is 216. The standard InChI is InChI=1S/C71H106N21O17S2.C5H5.Fe/c1-8-35(3)57(88-61(100)42(72)18-14-24-78-71(76)77)69(108)86-50(30-54(73)94)65(104)84-51(31-55(74)95)66(105)89-58(36(4)9-2)70(109)92-33-40(48-29-47(90-91-48)38-15-10-11-16-38)28-53(92)68(107)85-49(27-39-32-79-43-19-13-12-17-41(39)43)64(103)87-52(34-93)67(106)83-45(20-21-56(96)97)62(101)80-37(5)60(99)82-46(23-26-111-7)63(102)81-44(59(75)98)22-25-110-6;1-2-4-5-3-1;/h10-13,15-17,19,29,32,35-37,40,42,44-46,48-53,57-58,79,93H,8-9,14,18,20-28,30-31,33-34,72H2,1-7H3,(H2,73,94)(H2,74,95)(H2,75,98)(H,80,101)(H,81,102)(H,82,99)(H,83,106)(H,84,104)(H,85,107)(H,86,108)(H,87,103)(H,88,100)(H,89,105)(H,96,97)(H4,76,77,78);1-5H;/q2*-1;+2/t35?,36?,37-,40-,42-,44-,45-,46-,48?,49-,50-,51-,52-,53?,57-,58-;;/m0../s1. The molecule has 0 spiro atoms. The van der Waals surface area contributed by atoms with Gasteiger partial charge in [0.2, 0.25) is 82.7 Å². The van der Waals surface area contributed by atoms with E-state index in [1.54, 1.807) is 101 Å². The number of nitrogens with two attached hydrogens (primary N) is 6. The van der Waals surface area contributed by atoms with Crippen LogP contribution in [0.15, 0.2) is 106 Å². The van der Waals surface area contributed by atoms with Crippen molar-refractivity contribution in [1.29, 1.82) is 0 Å². The summed E-state index contributed by atoms with van der Waals surface area (Å²) >= 11 is 2.78. The number of aliphatic imine (C=N–C) groups is 1. The third-order valence-electron chi connectivity index (χ3n) is 19.6. The first-order valence-electron chi connectivity index (χ1n) is 38.0. The van der Waals surface area contributed by atoms with Crippen LogP contribution in [0.25, 0.3) is 16.6 Å². The number of aromatic nitrogens is 1. The molecule has 0 radical (unpaired) electrons. The fourth-order valence-corrected chi connectivity index (χ4v) is 13.5. The van der Waals surface area contributed by atoms with Crippen LogP contribution < -0.4 is 87.6 Å². The maximum atomic E-state index is 15.6. The van der Waals surface area contributed by atoms with Crippen molar-refractivity contribution in [3.8, 4) is 0 Å². The summed E-state index contributed by atoms with van der Waals surface area (Å²) < 4.78 is 0. The number of fused-ring (bicyclic) bond motifs is 1. The van der Waals surface area contributed by atoms with Crippen LogP contribution in [0.4, 0.5) is 0 Å². The van der Waals surface area contributed by atoms with Gasteiger partial charge in [0.25, 0.3) is 0 Å². The molecule has 1 saturated heterocycles. The Morgan fingerprint density at radius 1 is 0.624 bits per heavy atom. The summed E-state index contributed by atoms with van der Waals surface area (Å²) in [7, 11) is 0. The van der Waals surface area contributed by atoms with E-state index in [2.05, 4.69) is 73.4 Å². The molecule has 25 N–H and O–H groups in total. The van der Waals surface area contributed by atoms with Gasteiger partial charge in [0, 0.05) is 48.7 Å². The minimum atomic E-state index is -1.93. The molecule has 6 rings (SSSR count). The van der Waals surface area contributed by atoms with Crippen molar-refractivity contribution in [3.05, 3.63) is 102 Å². The zero-order chi connectivity index (χ0) is 85.9. The van der Waals surface area contributed by atoms with Crippen LogP contribution in [0.3, 0.4) is 0 Å². The van der Waals surface area contributed by atoms with Crippen molar-refractivity contribution < 1.29 is 99.2 Å². The van der Waals surface area contributed by atoms with E-state index in [1.807, 2.05) is 30.3 Å². The van der Waals surface area contributed by atoms with Crippen LogP contribution in [-0.2, 0) is 95.4 Å². The number of guanidine groups is 1. The van der Waals surface area contributed by atoms with Gasteiger partial charge in [-0.05, 0) is 98.8 Å². The van der Waals surface area contributed by atoms with Gasteiger partial charge in [-0.15, -0.1) is 18.2 Å². The van der Waals surface area contributed by atoms with E-state index in [1.165, 1.54) is 35.3 Å². The molecule has 1 fully saturated rings. The summed E-state index contributed by atoms with van der Waals surface area (Å²) in [6, 6.07) is 5.07. The van der Waals surface area contributed by atoms with Gasteiger partial charge < -0.3 is 108 Å². The molecule has 16 atom stereocenters. The molecule has 3 heterocycles. The predicted molar refractivity (Wildman–Crippen MR) is 435 cm³/mol. The molecule has 38 nitrogen and oxygen atoms in total. The molecule has 4 unspecified atom stereocenters. The second kappa shape index (κ2) is 50.0. The zero-order valence-electron chi connectivity index (χ0n) is 66.4. The Morgan fingerprint density at radius 3 is 1.72 bits per heavy atom. The molecule has 2 aliphatic heterocycles. The number of rotatable bonds is 48. The molecule has 0 bridgehead atoms. The number of hydrogen-bond donors (Lipinski definition) is 19. The first-order chi connectivity index (χ1) is 55.1. The van der Waals surface area contributed by atoms with Crippen LogP contribution in [0.1, 0.15) is 116 Å². The number of aromatic amines is 1. The van der Waals surface area contributed by atoms with Gasteiger partial charge in [-0.2, -0.15) is 64.1 Å². The van der Waals surface area contributed by atoms with Gasteiger partial charge in [0.15, 0.2) is 5.96 Å². The molecular formula is C76H111FeN21O17S2. The molecule has 0 aliphatic carbocycles. The van der Waals surface area contributed by atoms with Crippen LogP contribution in [-0.4, -0.2) is 237 Å². The largest absolute Gasteiger partial charge is 2.00 e. The normalized spacial score (nSPS) is 17.4. The number of carbonyl (C=O) groups is 15. The number of azo groups is 1. The van der Waals surface area contributed by atoms with Gasteiger partial charge in [0.1, 0.15) is 66.5 Å². The number of nitrogens with one attached hydrogen (secondary N) is 11. The van der Waals surface area contributed by atoms with Crippen molar-refractivity contribution in [2.24, 2.45) is 67.4 Å². The van der Waals surface area contributed by atoms with Crippen molar-refractivity contribution in [2.75, 3.05) is 43.7 Å². The molecule has 3 aromatic carbocycles. The second-order valence-electron chi connectivity index (χ2n) is 28.3. The summed E-state index contributed by atoms with van der Waals surface area (Å²) in [5, 5.41) is 55.1. The Labute approximate surface area is 696 Å². The Balaban J connectivity index is 0.00000461. The first kappa shape index (κ1) is 98.6. The quantitative estimate of drug-likeness (QED) is 0.00738. The second-order valence-corrected chi connectivity index (χ2v) is 30.3. The summed E-state index contributed by atoms with van der Waals surface area (Å²) in [6.07, 6.45) is 4.56. The third-order valence-corrected chi connectivity index (χ3v) is 20.9. The number of aliphatic hydroxyl groups excluding tert-OH is 1. The molecule has 1 aromatic heterocycles. The molecule has 41 heteroatoms. The average molecular weight is 1710 g/mol. The van der Waals surface area contributed by atoms with Crippen LogP contribution in [0.2, 0.25) is 0 Å². The number of aliphatic carboxylic acids is 1. The summed E-state index contributed by atoms with van der Waals surface area (Å²) in [5.41, 5.74) is 36.0. The molecular weight excluding hydrogens is 1600 g/mol. The SMILES string of the molecule is CCC(C)[C@H](NC(=O)[C@@H](N)CCCN=C(N)N)C(=O)N[C@@H](CC(N)=O)C(=O)N[C@@H](CC(N)=O)C(=O)N[C@H](C(=O)N1C[C@@H](C2C=C([c-]3cccc3)N=N2)CC1C(=O)N[C@@H](Cc1c[nH]c2ccccc12)C(=O)N[C@@H](CO)C(=O)N[C@@H](CCC(=O)O)C(=O)N[C@@H](C)C(=O)N[C@@H](CCSC)C(=O)N[C@@H](CCSC)C(N)=O)C(C)CC.[Fe+2].c1cc[cH-]c1. The van der Waals surface area contributed by atoms with E-state index in [4.69, 9.17) is 34.4 Å². The number of benzene rings is 1. The number of primary amides is 3. The number of hydrogen-bond acceptors (Lipinski definition) is 22. The number of aliphatic hydroxyl groups is 1. The van der Waals surface area contributed by atoms with Crippen LogP contribution in [0.5, 0.6) is 0 Å². The summed E-state index contributed by atoms with van der Waals surface area (Å²) in [5.74, 6) is -16.7. The number of H-pyrrole nitrogens is 1. The van der Waals surface area contributed by atoms with E-state index < -0.39 is 217 Å². The van der Waals surface area contributed by atoms with Gasteiger partial charge in [0.05, 0.1) is 31.5 Å². The Hall–Kier alpha value is -10.7. The number of nitrogens with zero attached hydrogens (tertiary/aromatic N) is 4. The number of carboxylic acids is 1. The monoisotopic (exact) mass is 1710 g/mol. The van der Waals surface area contributed by atoms with Crippen molar-refractivity contribution in [3.63, 3.8) is 0 Å². The van der Waals surface area contributed by atoms with Crippen LogP contribution in [0, 0.1) is 17.8 Å². The molecule has 0 saturated carbocycles. The van der Waals surface area contributed by atoms with Gasteiger partial charge >= 0.3 is 23.0 Å². The number of amides is 14. The van der Waals surface area contributed by atoms with Crippen molar-refractivity contribution >= 4 is 135 Å². The smallest absolute Gasteiger partial charge is 0.481 e. The number of thioether (sulfide) groups is 2. The Bertz CT molecular complexity index is 4090. The number of carbonyl (C=O) groups excluding carboxylic acids is 14. The fourth-order valence-electron chi connectivity index (χ4n) is 12.5. The molecule has 642 valence electrons. The molecule has 14 amide bonds.